The number of aliphatic carboxylic acids is 1. The molecule has 1 unspecified atom stereocenters. The number of ether oxygens (including phenoxy) is 1. The molecular weight excluding hydrogens is 441 g/mol. The van der Waals surface area contributed by atoms with Crippen LogP contribution < -0.4 is 10.1 Å². The number of carboxylic acid groups (broad SMARTS) is 2. The van der Waals surface area contributed by atoms with Crippen molar-refractivity contribution < 1.29 is 29.5 Å². The fraction of sp³-hybridized carbons (Fsp3) is 0.556. The Labute approximate surface area is 186 Å². The Kier molecular flexibility index (Phi) is 11.6. The molecule has 1 aromatic carbocycles. The van der Waals surface area contributed by atoms with Crippen molar-refractivity contribution in [3.8, 4) is 5.75 Å². The summed E-state index contributed by atoms with van der Waals surface area (Å²) in [4.78, 5) is 35.3. The summed E-state index contributed by atoms with van der Waals surface area (Å²) in [7, 11) is 0. The van der Waals surface area contributed by atoms with Crippen LogP contribution >= 0.6 is 24.8 Å². The maximum Gasteiger partial charge on any atom is 0.336 e. The van der Waals surface area contributed by atoms with Crippen LogP contribution in [0.25, 0.3) is 0 Å². The predicted octanol–water partition coefficient (Wildman–Crippen LogP) is 2.42. The highest BCUT2D eigenvalue weighted by Gasteiger charge is 2.28. The van der Waals surface area contributed by atoms with Crippen molar-refractivity contribution >= 4 is 42.4 Å². The van der Waals surface area contributed by atoms with Crippen LogP contribution in [0.5, 0.6) is 5.75 Å². The van der Waals surface area contributed by atoms with E-state index in [-0.39, 0.29) is 55.8 Å². The zero-order valence-electron chi connectivity index (χ0n) is 16.7. The van der Waals surface area contributed by atoms with Crippen LogP contribution in [0.2, 0.25) is 0 Å². The van der Waals surface area contributed by atoms with Crippen molar-refractivity contribution in [2.24, 2.45) is 5.92 Å². The molecule has 30 heavy (non-hydrogen) atoms. The summed E-state index contributed by atoms with van der Waals surface area (Å²) in [6, 6.07) is 1.65. The normalized spacial score (nSPS) is 16.3. The topological polar surface area (TPSA) is 142 Å². The Hall–Kier alpha value is -2.14. The lowest BCUT2D eigenvalue weighted by Gasteiger charge is -2.31. The number of carbonyl (C=O) groups is 2. The van der Waals surface area contributed by atoms with Gasteiger partial charge in [-0.3, -0.25) is 19.8 Å². The molecule has 1 heterocycles. The second-order valence-electron chi connectivity index (χ2n) is 7.15. The lowest BCUT2D eigenvalue weighted by Crippen LogP contribution is -2.53. The van der Waals surface area contributed by atoms with E-state index < -0.39 is 28.6 Å². The van der Waals surface area contributed by atoms with Gasteiger partial charge in [-0.1, -0.05) is 13.8 Å². The van der Waals surface area contributed by atoms with E-state index in [0.29, 0.717) is 31.0 Å². The fourth-order valence-electron chi connectivity index (χ4n) is 2.96. The summed E-state index contributed by atoms with van der Waals surface area (Å²) in [5.74, 6) is -1.89. The van der Waals surface area contributed by atoms with Crippen LogP contribution in [0, 0.1) is 16.0 Å². The van der Waals surface area contributed by atoms with Gasteiger partial charge >= 0.3 is 17.6 Å². The summed E-state index contributed by atoms with van der Waals surface area (Å²) in [5.41, 5.74) is -0.231. The Morgan fingerprint density at radius 2 is 2.00 bits per heavy atom. The van der Waals surface area contributed by atoms with Gasteiger partial charge in [-0.25, -0.2) is 4.79 Å². The summed E-state index contributed by atoms with van der Waals surface area (Å²) in [6.07, 6.45) is 0.700. The zero-order chi connectivity index (χ0) is 20.8. The van der Waals surface area contributed by atoms with Gasteiger partial charge < -0.3 is 20.3 Å². The summed E-state index contributed by atoms with van der Waals surface area (Å²) >= 11 is 0. The van der Waals surface area contributed by atoms with Crippen LogP contribution in [0.15, 0.2) is 12.1 Å². The Morgan fingerprint density at radius 3 is 2.53 bits per heavy atom. The zero-order valence-corrected chi connectivity index (χ0v) is 18.3. The molecule has 0 amide bonds. The van der Waals surface area contributed by atoms with E-state index in [9.17, 15) is 29.9 Å². The van der Waals surface area contributed by atoms with Gasteiger partial charge in [0.1, 0.15) is 6.04 Å². The number of nitrogens with zero attached hydrogens (tertiary/aromatic N) is 2. The highest BCUT2D eigenvalue weighted by Crippen LogP contribution is 2.32. The van der Waals surface area contributed by atoms with E-state index in [1.165, 1.54) is 6.07 Å². The van der Waals surface area contributed by atoms with Crippen molar-refractivity contribution in [1.82, 2.24) is 10.2 Å². The number of piperazine rings is 1. The molecule has 1 aromatic rings. The largest absolute Gasteiger partial charge is 0.487 e. The minimum atomic E-state index is -1.28. The number of benzene rings is 1. The van der Waals surface area contributed by atoms with E-state index in [0.717, 1.165) is 6.07 Å². The lowest BCUT2D eigenvalue weighted by atomic mass is 10.0. The number of nitrogens with one attached hydrogen (secondary N) is 1. The molecule has 1 atom stereocenters. The van der Waals surface area contributed by atoms with E-state index in [1.807, 2.05) is 13.8 Å². The van der Waals surface area contributed by atoms with Crippen molar-refractivity contribution in [3.63, 3.8) is 0 Å². The standard InChI is InChI=1S/C18H25N3O7.2ClH/c1-11(2)3-6-28-16-7-12(13(17(22)23)8-15(16)21(26)27)9-20-5-4-19-14(10-20)18(24)25;;/h7-8,11,14,19H,3-6,9-10H2,1-2H3,(H,22,23)(H,24,25);2*1H. The smallest absolute Gasteiger partial charge is 0.336 e. The molecular formula is C18H27Cl2N3O7. The number of carboxylic acids is 2. The van der Waals surface area contributed by atoms with E-state index >= 15 is 0 Å². The molecule has 1 aliphatic rings. The number of halogens is 2. The first-order valence-electron chi connectivity index (χ1n) is 9.05. The first-order valence-corrected chi connectivity index (χ1v) is 9.05. The van der Waals surface area contributed by atoms with Gasteiger partial charge in [-0.15, -0.1) is 24.8 Å². The van der Waals surface area contributed by atoms with Crippen molar-refractivity contribution in [1.29, 1.82) is 0 Å². The Morgan fingerprint density at radius 1 is 1.33 bits per heavy atom. The molecule has 0 spiro atoms. The summed E-state index contributed by atoms with van der Waals surface area (Å²) < 4.78 is 5.57. The third-order valence-electron chi connectivity index (χ3n) is 4.52. The molecule has 0 aromatic heterocycles. The number of nitro benzene ring substituents is 1. The van der Waals surface area contributed by atoms with Crippen LogP contribution in [0.4, 0.5) is 5.69 Å². The summed E-state index contributed by atoms with van der Waals surface area (Å²) in [5, 5.41) is 32.9. The first kappa shape index (κ1) is 27.9. The molecule has 1 aliphatic heterocycles. The maximum atomic E-state index is 11.6. The van der Waals surface area contributed by atoms with Crippen molar-refractivity contribution in [3.05, 3.63) is 33.4 Å². The van der Waals surface area contributed by atoms with Crippen LogP contribution in [-0.4, -0.2) is 64.3 Å². The Bertz CT molecular complexity index is 762. The molecule has 12 heteroatoms. The van der Waals surface area contributed by atoms with Gasteiger partial charge in [0.05, 0.1) is 17.1 Å². The van der Waals surface area contributed by atoms with Gasteiger partial charge in [0, 0.05) is 32.2 Å². The van der Waals surface area contributed by atoms with Crippen LogP contribution in [0.1, 0.15) is 36.2 Å². The quantitative estimate of drug-likeness (QED) is 0.368. The highest BCUT2D eigenvalue weighted by molar-refractivity contribution is 5.91. The summed E-state index contributed by atoms with van der Waals surface area (Å²) in [6.45, 7) is 5.62. The fourth-order valence-corrected chi connectivity index (χ4v) is 2.96. The molecule has 0 saturated carbocycles. The van der Waals surface area contributed by atoms with Crippen LogP contribution in [-0.2, 0) is 11.3 Å². The molecule has 3 N–H and O–H groups in total. The minimum Gasteiger partial charge on any atom is -0.487 e. The third-order valence-corrected chi connectivity index (χ3v) is 4.52. The monoisotopic (exact) mass is 467 g/mol. The predicted molar refractivity (Wildman–Crippen MR) is 114 cm³/mol. The van der Waals surface area contributed by atoms with Gasteiger partial charge in [-0.05, 0) is 24.0 Å². The highest BCUT2D eigenvalue weighted by atomic mass is 35.5. The maximum absolute atomic E-state index is 11.6. The van der Waals surface area contributed by atoms with E-state index in [4.69, 9.17) is 4.74 Å². The number of aromatic carboxylic acids is 1. The Balaban J connectivity index is 0.00000420. The number of hydrogen-bond acceptors (Lipinski definition) is 7. The average Bonchev–Trinajstić information content (AvgIpc) is 2.61. The molecule has 2 rings (SSSR count). The second kappa shape index (κ2) is 12.5. The molecule has 10 nitrogen and oxygen atoms in total. The van der Waals surface area contributed by atoms with E-state index in [1.54, 1.807) is 4.90 Å². The minimum absolute atomic E-state index is 0. The molecule has 1 saturated heterocycles. The van der Waals surface area contributed by atoms with E-state index in [2.05, 4.69) is 5.32 Å². The molecule has 0 aliphatic carbocycles. The number of rotatable bonds is 9. The molecule has 170 valence electrons. The lowest BCUT2D eigenvalue weighted by molar-refractivity contribution is -0.385. The van der Waals surface area contributed by atoms with Crippen LogP contribution in [0.3, 0.4) is 0 Å². The number of hydrogen-bond donors (Lipinski definition) is 3. The number of nitro groups is 1. The van der Waals surface area contributed by atoms with Gasteiger partial charge in [0.15, 0.2) is 5.75 Å². The van der Waals surface area contributed by atoms with Gasteiger partial charge in [0.25, 0.3) is 0 Å². The first-order chi connectivity index (χ1) is 13.2. The SMILES string of the molecule is CC(C)CCOc1cc(CN2CCNC(C(=O)O)C2)c(C(=O)O)cc1[N+](=O)[O-].Cl.Cl. The van der Waals surface area contributed by atoms with Crippen molar-refractivity contribution in [2.75, 3.05) is 26.2 Å². The average molecular weight is 468 g/mol. The molecule has 1 fully saturated rings. The van der Waals surface area contributed by atoms with Gasteiger partial charge in [-0.2, -0.15) is 0 Å². The second-order valence-corrected chi connectivity index (χ2v) is 7.15. The molecule has 0 radical (unpaired) electrons. The third kappa shape index (κ3) is 7.60. The molecule has 0 bridgehead atoms. The van der Waals surface area contributed by atoms with Crippen molar-refractivity contribution in [2.45, 2.75) is 32.9 Å². The van der Waals surface area contributed by atoms with Gasteiger partial charge in [0.2, 0.25) is 0 Å².